The van der Waals surface area contributed by atoms with Crippen LogP contribution in [0.4, 0.5) is 13.2 Å². The fourth-order valence-corrected chi connectivity index (χ4v) is 4.74. The van der Waals surface area contributed by atoms with E-state index in [1.807, 2.05) is 30.3 Å². The first kappa shape index (κ1) is 22.6. The molecule has 1 unspecified atom stereocenters. The van der Waals surface area contributed by atoms with E-state index in [2.05, 4.69) is 41.7 Å². The van der Waals surface area contributed by atoms with E-state index >= 15 is 0 Å². The van der Waals surface area contributed by atoms with Crippen LogP contribution in [0.5, 0.6) is 0 Å². The van der Waals surface area contributed by atoms with Gasteiger partial charge in [0.1, 0.15) is 0 Å². The number of hydrogen-bond acceptors (Lipinski definition) is 2. The number of nitrogens with one attached hydrogen (secondary N) is 1. The number of hydrogen-bond donors (Lipinski definition) is 1. The fraction of sp³-hybridized carbons (Fsp3) is 0.241. The molecule has 1 N–H and O–H groups in total. The second-order valence-corrected chi connectivity index (χ2v) is 8.83. The molecule has 5 heteroatoms. The molecule has 0 amide bonds. The summed E-state index contributed by atoms with van der Waals surface area (Å²) in [5, 5.41) is 5.81. The molecule has 0 aromatic heterocycles. The highest BCUT2D eigenvalue weighted by molar-refractivity contribution is 5.82. The molecule has 0 spiro atoms. The van der Waals surface area contributed by atoms with Gasteiger partial charge in [0.15, 0.2) is 0 Å². The molecule has 4 aromatic carbocycles. The lowest BCUT2D eigenvalue weighted by Gasteiger charge is -2.33. The van der Waals surface area contributed by atoms with Crippen LogP contribution in [0.25, 0.3) is 21.9 Å². The van der Waals surface area contributed by atoms with Crippen LogP contribution < -0.4 is 5.32 Å². The van der Waals surface area contributed by atoms with Gasteiger partial charge in [-0.25, -0.2) is 0 Å². The molecule has 1 aliphatic rings. The summed E-state index contributed by atoms with van der Waals surface area (Å²) in [6.07, 6.45) is -3.46. The molecule has 174 valence electrons. The smallest absolute Gasteiger partial charge is 0.372 e. The van der Waals surface area contributed by atoms with E-state index in [0.717, 1.165) is 42.3 Å². The van der Waals surface area contributed by atoms with Crippen molar-refractivity contribution >= 4 is 10.8 Å². The molecule has 2 nitrogen and oxygen atoms in total. The van der Waals surface area contributed by atoms with Crippen LogP contribution in [0.3, 0.4) is 0 Å². The summed E-state index contributed by atoms with van der Waals surface area (Å²) in [6, 6.07) is 28.0. The maximum absolute atomic E-state index is 13.2. The van der Waals surface area contributed by atoms with Gasteiger partial charge in [-0.2, -0.15) is 13.2 Å². The molecule has 34 heavy (non-hydrogen) atoms. The number of halogens is 3. The molecule has 0 bridgehead atoms. The molecular formula is C29H26F3NO. The van der Waals surface area contributed by atoms with Gasteiger partial charge in [-0.1, -0.05) is 72.8 Å². The average molecular weight is 462 g/mol. The van der Waals surface area contributed by atoms with E-state index < -0.39 is 11.7 Å². The van der Waals surface area contributed by atoms with Gasteiger partial charge in [0.05, 0.1) is 18.3 Å². The monoisotopic (exact) mass is 461 g/mol. The first-order chi connectivity index (χ1) is 16.5. The third kappa shape index (κ3) is 5.01. The van der Waals surface area contributed by atoms with E-state index in [1.165, 1.54) is 22.9 Å². The Kier molecular flexibility index (Phi) is 6.40. The molecular weight excluding hydrogens is 435 g/mol. The zero-order valence-corrected chi connectivity index (χ0v) is 18.7. The van der Waals surface area contributed by atoms with E-state index in [9.17, 15) is 13.2 Å². The zero-order chi connectivity index (χ0) is 23.5. The lowest BCUT2D eigenvalue weighted by Crippen LogP contribution is -2.41. The van der Waals surface area contributed by atoms with E-state index in [4.69, 9.17) is 4.74 Å². The Hall–Kier alpha value is -3.15. The Morgan fingerprint density at radius 3 is 2.38 bits per heavy atom. The first-order valence-electron chi connectivity index (χ1n) is 11.5. The number of fused-ring (bicyclic) bond motifs is 1. The topological polar surface area (TPSA) is 21.3 Å². The molecule has 0 saturated carbocycles. The molecule has 1 saturated heterocycles. The summed E-state index contributed by atoms with van der Waals surface area (Å²) >= 11 is 0. The quantitative estimate of drug-likeness (QED) is 0.340. The lowest BCUT2D eigenvalue weighted by molar-refractivity contribution is -0.137. The largest absolute Gasteiger partial charge is 0.416 e. The van der Waals surface area contributed by atoms with Gasteiger partial charge in [-0.05, 0) is 64.2 Å². The normalized spacial score (nSPS) is 18.8. The van der Waals surface area contributed by atoms with Gasteiger partial charge in [0.25, 0.3) is 0 Å². The maximum Gasteiger partial charge on any atom is 0.416 e. The number of rotatable bonds is 5. The van der Waals surface area contributed by atoms with Gasteiger partial charge in [-0.15, -0.1) is 0 Å². The average Bonchev–Trinajstić information content (AvgIpc) is 2.87. The van der Waals surface area contributed by atoms with Crippen molar-refractivity contribution in [3.05, 3.63) is 108 Å². The van der Waals surface area contributed by atoms with Crippen LogP contribution in [-0.4, -0.2) is 19.2 Å². The summed E-state index contributed by atoms with van der Waals surface area (Å²) in [7, 11) is 0. The second-order valence-electron chi connectivity index (χ2n) is 8.83. The van der Waals surface area contributed by atoms with Crippen LogP contribution in [0.15, 0.2) is 91.0 Å². The van der Waals surface area contributed by atoms with E-state index in [-0.39, 0.29) is 12.0 Å². The molecule has 0 radical (unpaired) electrons. The summed E-state index contributed by atoms with van der Waals surface area (Å²) in [5.74, 6) is 0.174. The van der Waals surface area contributed by atoms with Crippen LogP contribution in [-0.2, 0) is 17.5 Å². The van der Waals surface area contributed by atoms with Crippen molar-refractivity contribution in [3.63, 3.8) is 0 Å². The van der Waals surface area contributed by atoms with Crippen molar-refractivity contribution in [1.29, 1.82) is 0 Å². The zero-order valence-electron chi connectivity index (χ0n) is 18.7. The minimum absolute atomic E-state index is 0.0167. The number of benzene rings is 4. The van der Waals surface area contributed by atoms with Gasteiger partial charge >= 0.3 is 6.18 Å². The molecule has 1 heterocycles. The van der Waals surface area contributed by atoms with Crippen LogP contribution in [0.2, 0.25) is 0 Å². The number of ether oxygens (including phenoxy) is 1. The van der Waals surface area contributed by atoms with Crippen LogP contribution in [0.1, 0.15) is 29.0 Å². The molecule has 0 aliphatic carbocycles. The minimum Gasteiger partial charge on any atom is -0.372 e. The summed E-state index contributed by atoms with van der Waals surface area (Å²) in [6.45, 7) is 2.14. The highest BCUT2D eigenvalue weighted by Crippen LogP contribution is 2.34. The first-order valence-corrected chi connectivity index (χ1v) is 11.5. The van der Waals surface area contributed by atoms with Crippen molar-refractivity contribution in [3.8, 4) is 11.1 Å². The Bertz CT molecular complexity index is 1280. The fourth-order valence-electron chi connectivity index (χ4n) is 4.74. The van der Waals surface area contributed by atoms with Crippen molar-refractivity contribution in [1.82, 2.24) is 5.32 Å². The van der Waals surface area contributed by atoms with Crippen molar-refractivity contribution in [2.24, 2.45) is 0 Å². The van der Waals surface area contributed by atoms with Crippen LogP contribution in [0, 0.1) is 0 Å². The van der Waals surface area contributed by atoms with Crippen LogP contribution >= 0.6 is 0 Å². The Morgan fingerprint density at radius 2 is 1.56 bits per heavy atom. The Labute approximate surface area is 197 Å². The second kappa shape index (κ2) is 9.61. The Morgan fingerprint density at radius 1 is 0.794 bits per heavy atom. The van der Waals surface area contributed by atoms with E-state index in [1.54, 1.807) is 6.07 Å². The number of piperidine rings is 1. The van der Waals surface area contributed by atoms with Crippen molar-refractivity contribution in [2.45, 2.75) is 31.2 Å². The summed E-state index contributed by atoms with van der Waals surface area (Å²) in [4.78, 5) is 0. The SMILES string of the molecule is FC(F)(F)c1cccc(-c2cccc([C@H]3CCNCC3OCc3ccc4ccccc4c3)c2)c1. The molecule has 5 rings (SSSR count). The van der Waals surface area contributed by atoms with Gasteiger partial charge in [0, 0.05) is 12.5 Å². The molecule has 1 aliphatic heterocycles. The predicted molar refractivity (Wildman–Crippen MR) is 130 cm³/mol. The standard InChI is InChI=1S/C29H26F3NO/c30-29(31,32)26-10-4-8-24(17-26)23-7-3-9-25(16-23)27-13-14-33-18-28(27)34-19-20-11-12-21-5-1-2-6-22(21)15-20/h1-12,15-17,27-28,33H,13-14,18-19H2/t27-,28?/m1/s1. The third-order valence-corrected chi connectivity index (χ3v) is 6.54. The van der Waals surface area contributed by atoms with E-state index in [0.29, 0.717) is 12.2 Å². The molecule has 4 aromatic rings. The maximum atomic E-state index is 13.2. The summed E-state index contributed by atoms with van der Waals surface area (Å²) < 4.78 is 46.0. The van der Waals surface area contributed by atoms with Crippen molar-refractivity contribution in [2.75, 3.05) is 13.1 Å². The van der Waals surface area contributed by atoms with Gasteiger partial charge < -0.3 is 10.1 Å². The highest BCUT2D eigenvalue weighted by atomic mass is 19.4. The Balaban J connectivity index is 1.35. The summed E-state index contributed by atoms with van der Waals surface area (Å²) in [5.41, 5.74) is 2.95. The molecule has 2 atom stereocenters. The lowest BCUT2D eigenvalue weighted by atomic mass is 9.86. The number of alkyl halides is 3. The minimum atomic E-state index is -4.36. The molecule has 1 fully saturated rings. The third-order valence-electron chi connectivity index (χ3n) is 6.54. The predicted octanol–water partition coefficient (Wildman–Crippen LogP) is 7.19. The van der Waals surface area contributed by atoms with Crippen molar-refractivity contribution < 1.29 is 17.9 Å². The van der Waals surface area contributed by atoms with Gasteiger partial charge in [-0.3, -0.25) is 0 Å². The highest BCUT2D eigenvalue weighted by Gasteiger charge is 2.31. The van der Waals surface area contributed by atoms with Gasteiger partial charge in [0.2, 0.25) is 0 Å².